The van der Waals surface area contributed by atoms with E-state index in [0.717, 1.165) is 5.56 Å². The number of nitrogens with zero attached hydrogens (tertiary/aromatic N) is 1. The molecule has 0 spiro atoms. The Morgan fingerprint density at radius 3 is 2.83 bits per heavy atom. The van der Waals surface area contributed by atoms with Crippen LogP contribution in [0.5, 0.6) is 5.88 Å². The van der Waals surface area contributed by atoms with E-state index < -0.39 is 6.09 Å². The number of nitrogens with two attached hydrogens (primary N) is 1. The number of primary amides is 1. The van der Waals surface area contributed by atoms with Crippen molar-refractivity contribution in [2.24, 2.45) is 5.73 Å². The highest BCUT2D eigenvalue weighted by Crippen LogP contribution is 2.16. The van der Waals surface area contributed by atoms with Crippen molar-refractivity contribution in [3.63, 3.8) is 0 Å². The minimum atomic E-state index is -0.901. The van der Waals surface area contributed by atoms with E-state index in [1.807, 2.05) is 0 Å². The predicted octanol–water partition coefficient (Wildman–Crippen LogP) is 1.50. The van der Waals surface area contributed by atoms with Gasteiger partial charge in [0.05, 0.1) is 0 Å². The summed E-state index contributed by atoms with van der Waals surface area (Å²) in [4.78, 5) is 14.0. The molecule has 1 aromatic heterocycles. The molecular weight excluding hydrogens is 180 g/mol. The van der Waals surface area contributed by atoms with Crippen LogP contribution in [-0.4, -0.2) is 11.1 Å². The quantitative estimate of drug-likeness (QED) is 0.676. The van der Waals surface area contributed by atoms with E-state index >= 15 is 0 Å². The average Bonchev–Trinajstić information content (AvgIpc) is 1.96. The fourth-order valence-corrected chi connectivity index (χ4v) is 0.793. The van der Waals surface area contributed by atoms with Crippen LogP contribution in [-0.2, 0) is 0 Å². The highest BCUT2D eigenvalue weighted by molar-refractivity contribution is 6.30. The van der Waals surface area contributed by atoms with Gasteiger partial charge in [-0.25, -0.2) is 9.78 Å². The van der Waals surface area contributed by atoms with Crippen LogP contribution in [0.25, 0.3) is 0 Å². The zero-order valence-corrected chi connectivity index (χ0v) is 7.13. The first-order chi connectivity index (χ1) is 5.59. The van der Waals surface area contributed by atoms with E-state index in [2.05, 4.69) is 9.72 Å². The first-order valence-electron chi connectivity index (χ1n) is 3.20. The summed E-state index contributed by atoms with van der Waals surface area (Å²) in [6, 6.07) is 3.21. The topological polar surface area (TPSA) is 65.2 Å². The van der Waals surface area contributed by atoms with E-state index in [0.29, 0.717) is 5.15 Å². The van der Waals surface area contributed by atoms with Crippen molar-refractivity contribution in [1.29, 1.82) is 0 Å². The fraction of sp³-hybridized carbons (Fsp3) is 0.143. The van der Waals surface area contributed by atoms with Crippen LogP contribution < -0.4 is 10.5 Å². The Bertz CT molecular complexity index is 314. The molecule has 0 aliphatic rings. The smallest absolute Gasteiger partial charge is 0.391 e. The Morgan fingerprint density at radius 2 is 2.33 bits per heavy atom. The molecule has 4 nitrogen and oxygen atoms in total. The third kappa shape index (κ3) is 2.10. The van der Waals surface area contributed by atoms with Crippen molar-refractivity contribution < 1.29 is 9.53 Å². The number of amides is 1. The Morgan fingerprint density at radius 1 is 1.67 bits per heavy atom. The number of aromatic nitrogens is 1. The number of halogens is 1. The third-order valence-electron chi connectivity index (χ3n) is 1.21. The molecule has 1 aromatic rings. The monoisotopic (exact) mass is 186 g/mol. The standard InChI is InChI=1S/C7H7ClN2O2/c1-4-2-3-5(10-6(4)8)12-7(9)11/h2-3H,1H3,(H2,9,11). The molecule has 0 saturated carbocycles. The van der Waals surface area contributed by atoms with E-state index in [4.69, 9.17) is 17.3 Å². The highest BCUT2D eigenvalue weighted by Gasteiger charge is 2.02. The number of carbonyl (C=O) groups excluding carboxylic acids is 1. The van der Waals surface area contributed by atoms with Crippen LogP contribution in [0.2, 0.25) is 5.15 Å². The maximum Gasteiger partial charge on any atom is 0.411 e. The second kappa shape index (κ2) is 3.40. The Balaban J connectivity index is 2.89. The molecule has 64 valence electrons. The molecule has 12 heavy (non-hydrogen) atoms. The SMILES string of the molecule is Cc1ccc(OC(N)=O)nc1Cl. The summed E-state index contributed by atoms with van der Waals surface area (Å²) in [6.07, 6.45) is -0.901. The minimum Gasteiger partial charge on any atom is -0.391 e. The summed E-state index contributed by atoms with van der Waals surface area (Å²) in [5.74, 6) is 0.109. The van der Waals surface area contributed by atoms with Gasteiger partial charge in [-0.2, -0.15) is 0 Å². The first-order valence-corrected chi connectivity index (χ1v) is 3.58. The van der Waals surface area contributed by atoms with Gasteiger partial charge in [0.25, 0.3) is 0 Å². The number of rotatable bonds is 1. The molecule has 0 saturated heterocycles. The van der Waals surface area contributed by atoms with Gasteiger partial charge >= 0.3 is 6.09 Å². The van der Waals surface area contributed by atoms with E-state index in [1.54, 1.807) is 13.0 Å². The second-order valence-electron chi connectivity index (χ2n) is 2.18. The highest BCUT2D eigenvalue weighted by atomic mass is 35.5. The van der Waals surface area contributed by atoms with E-state index in [-0.39, 0.29) is 5.88 Å². The van der Waals surface area contributed by atoms with Gasteiger partial charge in [-0.1, -0.05) is 17.7 Å². The molecule has 1 heterocycles. The van der Waals surface area contributed by atoms with E-state index in [1.165, 1.54) is 6.07 Å². The second-order valence-corrected chi connectivity index (χ2v) is 2.54. The van der Waals surface area contributed by atoms with Crippen LogP contribution in [0.15, 0.2) is 12.1 Å². The summed E-state index contributed by atoms with van der Waals surface area (Å²) in [7, 11) is 0. The zero-order chi connectivity index (χ0) is 9.14. The normalized spacial score (nSPS) is 9.50. The van der Waals surface area contributed by atoms with Crippen molar-refractivity contribution in [3.05, 3.63) is 22.8 Å². The van der Waals surface area contributed by atoms with Crippen molar-refractivity contribution in [2.45, 2.75) is 6.92 Å². The van der Waals surface area contributed by atoms with Gasteiger partial charge < -0.3 is 10.5 Å². The molecule has 0 atom stereocenters. The van der Waals surface area contributed by atoms with Crippen molar-refractivity contribution in [1.82, 2.24) is 4.98 Å². The zero-order valence-electron chi connectivity index (χ0n) is 6.37. The first kappa shape index (κ1) is 8.80. The summed E-state index contributed by atoms with van der Waals surface area (Å²) < 4.78 is 4.49. The molecule has 2 N–H and O–H groups in total. The molecule has 1 amide bonds. The van der Waals surface area contributed by atoms with Crippen LogP contribution in [0.4, 0.5) is 4.79 Å². The third-order valence-corrected chi connectivity index (χ3v) is 1.60. The Labute approximate surface area is 74.3 Å². The lowest BCUT2D eigenvalue weighted by Crippen LogP contribution is -2.16. The van der Waals surface area contributed by atoms with Crippen LogP contribution in [0, 0.1) is 6.92 Å². The van der Waals surface area contributed by atoms with Gasteiger partial charge in [-0.15, -0.1) is 0 Å². The molecule has 0 aromatic carbocycles. The lowest BCUT2D eigenvalue weighted by atomic mass is 10.3. The number of hydrogen-bond acceptors (Lipinski definition) is 3. The molecule has 1 rings (SSSR count). The summed E-state index contributed by atoms with van der Waals surface area (Å²) in [6.45, 7) is 1.80. The average molecular weight is 187 g/mol. The number of hydrogen-bond donors (Lipinski definition) is 1. The van der Waals surface area contributed by atoms with Gasteiger partial charge in [0, 0.05) is 6.07 Å². The molecule has 0 aliphatic heterocycles. The largest absolute Gasteiger partial charge is 0.411 e. The molecule has 5 heteroatoms. The molecule has 0 aliphatic carbocycles. The lowest BCUT2D eigenvalue weighted by Gasteiger charge is -2.00. The molecule has 0 unspecified atom stereocenters. The van der Waals surface area contributed by atoms with Crippen molar-refractivity contribution in [3.8, 4) is 5.88 Å². The van der Waals surface area contributed by atoms with Gasteiger partial charge in [0.15, 0.2) is 0 Å². The van der Waals surface area contributed by atoms with Crippen molar-refractivity contribution >= 4 is 17.7 Å². The number of ether oxygens (including phenoxy) is 1. The summed E-state index contributed by atoms with van der Waals surface area (Å²) in [5.41, 5.74) is 5.58. The van der Waals surface area contributed by atoms with Gasteiger partial charge in [0.1, 0.15) is 5.15 Å². The molecule has 0 fully saturated rings. The maximum atomic E-state index is 10.3. The lowest BCUT2D eigenvalue weighted by molar-refractivity contribution is 0.209. The predicted molar refractivity (Wildman–Crippen MR) is 44.2 cm³/mol. The Kier molecular flexibility index (Phi) is 2.50. The van der Waals surface area contributed by atoms with Crippen LogP contribution >= 0.6 is 11.6 Å². The van der Waals surface area contributed by atoms with Gasteiger partial charge in [0.2, 0.25) is 5.88 Å². The summed E-state index contributed by atoms with van der Waals surface area (Å²) >= 11 is 5.65. The maximum absolute atomic E-state index is 10.3. The van der Waals surface area contributed by atoms with Crippen LogP contribution in [0.1, 0.15) is 5.56 Å². The molecular formula is C7H7ClN2O2. The van der Waals surface area contributed by atoms with Crippen molar-refractivity contribution in [2.75, 3.05) is 0 Å². The number of carbonyl (C=O) groups is 1. The molecule has 0 bridgehead atoms. The van der Waals surface area contributed by atoms with Gasteiger partial charge in [-0.05, 0) is 12.5 Å². The number of pyridine rings is 1. The van der Waals surface area contributed by atoms with E-state index in [9.17, 15) is 4.79 Å². The number of aryl methyl sites for hydroxylation is 1. The summed E-state index contributed by atoms with van der Waals surface area (Å²) in [5, 5.41) is 0.300. The van der Waals surface area contributed by atoms with Gasteiger partial charge in [-0.3, -0.25) is 0 Å². The fourth-order valence-electron chi connectivity index (χ4n) is 0.647. The molecule has 0 radical (unpaired) electrons. The minimum absolute atomic E-state index is 0.109. The van der Waals surface area contributed by atoms with Crippen LogP contribution in [0.3, 0.4) is 0 Å². The Hall–Kier alpha value is -1.29.